The molecule has 1 saturated heterocycles. The standard InChI is InChI=1S/C23H24N2O3/c1-16-8-7-13-24(15-16)23(28)20(14-17-9-3-2-4-10-17)25-21(26)18-11-5-6-12-19(18)22(25)27/h2-6,9-12,16,20H,7-8,13-15H2,1H3/t16-,20+/m0/s1. The molecule has 2 aromatic rings. The zero-order valence-corrected chi connectivity index (χ0v) is 16.0. The second-order valence-electron chi connectivity index (χ2n) is 7.76. The van der Waals surface area contributed by atoms with Gasteiger partial charge in [0.2, 0.25) is 5.91 Å². The van der Waals surface area contributed by atoms with Crippen molar-refractivity contribution in [1.29, 1.82) is 0 Å². The molecular weight excluding hydrogens is 352 g/mol. The molecule has 0 aromatic heterocycles. The van der Waals surface area contributed by atoms with Crippen LogP contribution in [0.3, 0.4) is 0 Å². The largest absolute Gasteiger partial charge is 0.341 e. The third kappa shape index (κ3) is 3.33. The lowest BCUT2D eigenvalue weighted by Crippen LogP contribution is -2.53. The van der Waals surface area contributed by atoms with Gasteiger partial charge in [0.1, 0.15) is 6.04 Å². The second kappa shape index (κ2) is 7.58. The van der Waals surface area contributed by atoms with E-state index in [0.29, 0.717) is 36.6 Å². The fraction of sp³-hybridized carbons (Fsp3) is 0.348. The number of imide groups is 1. The summed E-state index contributed by atoms with van der Waals surface area (Å²) in [7, 11) is 0. The summed E-state index contributed by atoms with van der Waals surface area (Å²) >= 11 is 0. The Balaban J connectivity index is 1.68. The average molecular weight is 376 g/mol. The number of rotatable bonds is 4. The first kappa shape index (κ1) is 18.4. The van der Waals surface area contributed by atoms with Gasteiger partial charge in [-0.1, -0.05) is 49.4 Å². The van der Waals surface area contributed by atoms with Crippen LogP contribution in [0.15, 0.2) is 54.6 Å². The van der Waals surface area contributed by atoms with E-state index in [1.54, 1.807) is 24.3 Å². The SMILES string of the molecule is C[C@H]1CCCN(C(=O)[C@@H](Cc2ccccc2)N2C(=O)c3ccccc3C2=O)C1. The summed E-state index contributed by atoms with van der Waals surface area (Å²) in [5, 5.41) is 0. The first-order valence-electron chi connectivity index (χ1n) is 9.86. The topological polar surface area (TPSA) is 57.7 Å². The maximum Gasteiger partial charge on any atom is 0.262 e. The summed E-state index contributed by atoms with van der Waals surface area (Å²) in [5.74, 6) is -0.456. The predicted molar refractivity (Wildman–Crippen MR) is 106 cm³/mol. The van der Waals surface area contributed by atoms with Gasteiger partial charge in [0.05, 0.1) is 11.1 Å². The summed E-state index contributed by atoms with van der Waals surface area (Å²) < 4.78 is 0. The minimum absolute atomic E-state index is 0.134. The molecule has 0 bridgehead atoms. The third-order valence-electron chi connectivity index (χ3n) is 5.66. The fourth-order valence-corrected chi connectivity index (χ4v) is 4.22. The molecule has 0 radical (unpaired) electrons. The van der Waals surface area contributed by atoms with E-state index in [2.05, 4.69) is 6.92 Å². The average Bonchev–Trinajstić information content (AvgIpc) is 2.97. The quantitative estimate of drug-likeness (QED) is 0.770. The van der Waals surface area contributed by atoms with Gasteiger partial charge < -0.3 is 4.90 Å². The number of hydrogen-bond acceptors (Lipinski definition) is 3. The van der Waals surface area contributed by atoms with Crippen LogP contribution in [-0.2, 0) is 11.2 Å². The van der Waals surface area contributed by atoms with Crippen molar-refractivity contribution in [3.05, 3.63) is 71.3 Å². The monoisotopic (exact) mass is 376 g/mol. The zero-order chi connectivity index (χ0) is 19.7. The Labute approximate surface area is 164 Å². The Morgan fingerprint density at radius 2 is 1.61 bits per heavy atom. The lowest BCUT2D eigenvalue weighted by atomic mass is 9.97. The minimum Gasteiger partial charge on any atom is -0.341 e. The van der Waals surface area contributed by atoms with Gasteiger partial charge in [-0.15, -0.1) is 0 Å². The van der Waals surface area contributed by atoms with Crippen molar-refractivity contribution in [1.82, 2.24) is 9.80 Å². The van der Waals surface area contributed by atoms with E-state index >= 15 is 0 Å². The van der Waals surface area contributed by atoms with Gasteiger partial charge in [-0.3, -0.25) is 19.3 Å². The molecule has 0 spiro atoms. The molecule has 2 aromatic carbocycles. The molecule has 0 saturated carbocycles. The van der Waals surface area contributed by atoms with Crippen LogP contribution in [0.5, 0.6) is 0 Å². The molecule has 0 aliphatic carbocycles. The number of benzene rings is 2. The summed E-state index contributed by atoms with van der Waals surface area (Å²) in [6.07, 6.45) is 2.38. The Morgan fingerprint density at radius 3 is 2.21 bits per heavy atom. The molecule has 5 heteroatoms. The fourth-order valence-electron chi connectivity index (χ4n) is 4.22. The smallest absolute Gasteiger partial charge is 0.262 e. The van der Waals surface area contributed by atoms with Crippen molar-refractivity contribution in [2.24, 2.45) is 5.92 Å². The Morgan fingerprint density at radius 1 is 1.00 bits per heavy atom. The van der Waals surface area contributed by atoms with E-state index in [0.717, 1.165) is 18.4 Å². The molecule has 2 aliphatic heterocycles. The summed E-state index contributed by atoms with van der Waals surface area (Å²) in [4.78, 5) is 42.5. The van der Waals surface area contributed by atoms with Crippen LogP contribution in [0.25, 0.3) is 0 Å². The molecule has 2 heterocycles. The van der Waals surface area contributed by atoms with Gasteiger partial charge in [0.15, 0.2) is 0 Å². The second-order valence-corrected chi connectivity index (χ2v) is 7.76. The first-order valence-corrected chi connectivity index (χ1v) is 9.86. The Bertz CT molecular complexity index is 874. The van der Waals surface area contributed by atoms with Gasteiger partial charge in [-0.2, -0.15) is 0 Å². The van der Waals surface area contributed by atoms with E-state index in [4.69, 9.17) is 0 Å². The molecule has 1 fully saturated rings. The van der Waals surface area contributed by atoms with Gasteiger partial charge in [-0.05, 0) is 36.5 Å². The highest BCUT2D eigenvalue weighted by Crippen LogP contribution is 2.28. The number of piperidine rings is 1. The number of likely N-dealkylation sites (tertiary alicyclic amines) is 1. The van der Waals surface area contributed by atoms with Crippen molar-refractivity contribution in [3.63, 3.8) is 0 Å². The lowest BCUT2D eigenvalue weighted by molar-refractivity contribution is -0.137. The third-order valence-corrected chi connectivity index (χ3v) is 5.66. The van der Waals surface area contributed by atoms with Crippen LogP contribution in [0.1, 0.15) is 46.0 Å². The molecule has 5 nitrogen and oxygen atoms in total. The van der Waals surface area contributed by atoms with Gasteiger partial charge in [-0.25, -0.2) is 0 Å². The van der Waals surface area contributed by atoms with E-state index in [9.17, 15) is 14.4 Å². The molecule has 4 rings (SSSR count). The van der Waals surface area contributed by atoms with E-state index < -0.39 is 6.04 Å². The van der Waals surface area contributed by atoms with Crippen LogP contribution in [-0.4, -0.2) is 46.7 Å². The number of nitrogens with zero attached hydrogens (tertiary/aromatic N) is 2. The molecule has 28 heavy (non-hydrogen) atoms. The predicted octanol–water partition coefficient (Wildman–Crippen LogP) is 3.15. The molecule has 144 valence electrons. The Kier molecular flexibility index (Phi) is 4.99. The van der Waals surface area contributed by atoms with Gasteiger partial charge in [0.25, 0.3) is 11.8 Å². The highest BCUT2D eigenvalue weighted by molar-refractivity contribution is 6.22. The maximum absolute atomic E-state index is 13.5. The molecular formula is C23H24N2O3. The van der Waals surface area contributed by atoms with Crippen LogP contribution in [0.2, 0.25) is 0 Å². The summed E-state index contributed by atoms with van der Waals surface area (Å²) in [6.45, 7) is 3.48. The summed E-state index contributed by atoms with van der Waals surface area (Å²) in [5.41, 5.74) is 1.69. The normalized spacial score (nSPS) is 20.2. The van der Waals surface area contributed by atoms with Crippen LogP contribution >= 0.6 is 0 Å². The maximum atomic E-state index is 13.5. The van der Waals surface area contributed by atoms with E-state index in [1.807, 2.05) is 35.2 Å². The van der Waals surface area contributed by atoms with Crippen molar-refractivity contribution in [2.75, 3.05) is 13.1 Å². The van der Waals surface area contributed by atoms with Crippen molar-refractivity contribution >= 4 is 17.7 Å². The highest BCUT2D eigenvalue weighted by atomic mass is 16.2. The van der Waals surface area contributed by atoms with Gasteiger partial charge in [0, 0.05) is 19.5 Å². The number of carbonyl (C=O) groups is 3. The lowest BCUT2D eigenvalue weighted by Gasteiger charge is -2.36. The van der Waals surface area contributed by atoms with Crippen LogP contribution in [0, 0.1) is 5.92 Å². The van der Waals surface area contributed by atoms with Crippen molar-refractivity contribution in [2.45, 2.75) is 32.2 Å². The minimum atomic E-state index is -0.819. The number of amides is 3. The van der Waals surface area contributed by atoms with E-state index in [1.165, 1.54) is 4.90 Å². The molecule has 0 unspecified atom stereocenters. The first-order chi connectivity index (χ1) is 13.6. The van der Waals surface area contributed by atoms with Gasteiger partial charge >= 0.3 is 0 Å². The Hall–Kier alpha value is -2.95. The highest BCUT2D eigenvalue weighted by Gasteiger charge is 2.44. The van der Waals surface area contributed by atoms with Crippen LogP contribution < -0.4 is 0 Å². The molecule has 2 atom stereocenters. The molecule has 0 N–H and O–H groups in total. The van der Waals surface area contributed by atoms with E-state index in [-0.39, 0.29) is 17.7 Å². The summed E-state index contributed by atoms with van der Waals surface area (Å²) in [6, 6.07) is 15.6. The number of carbonyl (C=O) groups excluding carboxylic acids is 3. The van der Waals surface area contributed by atoms with Crippen molar-refractivity contribution < 1.29 is 14.4 Å². The van der Waals surface area contributed by atoms with Crippen molar-refractivity contribution in [3.8, 4) is 0 Å². The zero-order valence-electron chi connectivity index (χ0n) is 16.0. The number of fused-ring (bicyclic) bond motifs is 1. The number of hydrogen-bond donors (Lipinski definition) is 0. The molecule has 2 aliphatic rings. The van der Waals surface area contributed by atoms with Crippen LogP contribution in [0.4, 0.5) is 0 Å². The molecule has 3 amide bonds.